The monoisotopic (exact) mass is 440 g/mol. The van der Waals surface area contributed by atoms with Crippen LogP contribution in [-0.2, 0) is 16.0 Å². The number of amides is 2. The SMILES string of the molecule is CCOc1ccc(N2C(=O)C(Nc3ccc(CC)cc3)=C(c3ccc(C)cc3C)C2=O)cc1. The fraction of sp³-hybridized carbons (Fsp3) is 0.214. The number of imide groups is 1. The maximum atomic E-state index is 13.6. The van der Waals surface area contributed by atoms with Gasteiger partial charge >= 0.3 is 0 Å². The molecule has 0 saturated carbocycles. The standard InChI is InChI=1S/C28H28N2O3/c1-5-20-8-10-21(11-9-20)29-26-25(24-16-7-18(3)17-19(24)4)27(31)30(28(26)32)22-12-14-23(15-13-22)33-6-2/h7-17,29H,5-6H2,1-4H3. The van der Waals surface area contributed by atoms with E-state index in [9.17, 15) is 9.59 Å². The van der Waals surface area contributed by atoms with E-state index in [1.165, 1.54) is 10.5 Å². The number of carbonyl (C=O) groups excluding carboxylic acids is 2. The predicted octanol–water partition coefficient (Wildman–Crippen LogP) is 5.66. The Morgan fingerprint density at radius 1 is 0.848 bits per heavy atom. The molecule has 168 valence electrons. The van der Waals surface area contributed by atoms with Gasteiger partial charge in [-0.3, -0.25) is 9.59 Å². The minimum absolute atomic E-state index is 0.282. The van der Waals surface area contributed by atoms with Crippen LogP contribution in [0.2, 0.25) is 0 Å². The molecule has 1 heterocycles. The van der Waals surface area contributed by atoms with Crippen molar-refractivity contribution in [1.29, 1.82) is 0 Å². The molecule has 1 aliphatic rings. The van der Waals surface area contributed by atoms with Crippen LogP contribution in [0.5, 0.6) is 5.75 Å². The molecular formula is C28H28N2O3. The van der Waals surface area contributed by atoms with Crippen molar-refractivity contribution in [2.45, 2.75) is 34.1 Å². The minimum atomic E-state index is -0.376. The summed E-state index contributed by atoms with van der Waals surface area (Å²) in [6, 6.07) is 20.8. The number of carbonyl (C=O) groups is 2. The third-order valence-electron chi connectivity index (χ3n) is 5.77. The number of nitrogens with one attached hydrogen (secondary N) is 1. The molecule has 2 amide bonds. The average Bonchev–Trinajstić information content (AvgIpc) is 3.04. The number of nitrogens with zero attached hydrogens (tertiary/aromatic N) is 1. The predicted molar refractivity (Wildman–Crippen MR) is 132 cm³/mol. The first kappa shape index (κ1) is 22.3. The lowest BCUT2D eigenvalue weighted by molar-refractivity contribution is -0.120. The molecule has 33 heavy (non-hydrogen) atoms. The van der Waals surface area contributed by atoms with Crippen LogP contribution in [0.3, 0.4) is 0 Å². The van der Waals surface area contributed by atoms with Crippen LogP contribution in [0.25, 0.3) is 5.57 Å². The van der Waals surface area contributed by atoms with E-state index in [2.05, 4.69) is 12.2 Å². The summed E-state index contributed by atoms with van der Waals surface area (Å²) in [4.78, 5) is 28.4. The molecule has 0 aromatic heterocycles. The highest BCUT2D eigenvalue weighted by Crippen LogP contribution is 2.35. The Bertz CT molecular complexity index is 1230. The number of ether oxygens (including phenoxy) is 1. The van der Waals surface area contributed by atoms with E-state index in [1.54, 1.807) is 24.3 Å². The molecule has 3 aromatic rings. The molecular weight excluding hydrogens is 412 g/mol. The van der Waals surface area contributed by atoms with Gasteiger partial charge in [-0.05, 0) is 80.3 Å². The van der Waals surface area contributed by atoms with Gasteiger partial charge in [0.25, 0.3) is 11.8 Å². The second-order valence-corrected chi connectivity index (χ2v) is 8.12. The van der Waals surface area contributed by atoms with Crippen molar-refractivity contribution in [1.82, 2.24) is 0 Å². The van der Waals surface area contributed by atoms with Gasteiger partial charge in [-0.15, -0.1) is 0 Å². The van der Waals surface area contributed by atoms with E-state index in [4.69, 9.17) is 4.74 Å². The van der Waals surface area contributed by atoms with E-state index in [0.29, 0.717) is 23.6 Å². The molecule has 5 nitrogen and oxygen atoms in total. The fourth-order valence-corrected chi connectivity index (χ4v) is 4.05. The normalized spacial score (nSPS) is 13.6. The molecule has 4 rings (SSSR count). The first-order valence-electron chi connectivity index (χ1n) is 11.2. The van der Waals surface area contributed by atoms with Crippen molar-refractivity contribution < 1.29 is 14.3 Å². The summed E-state index contributed by atoms with van der Waals surface area (Å²) in [6.45, 7) is 8.52. The van der Waals surface area contributed by atoms with E-state index < -0.39 is 0 Å². The number of hydrogen-bond acceptors (Lipinski definition) is 4. The molecule has 0 spiro atoms. The van der Waals surface area contributed by atoms with E-state index in [1.807, 2.05) is 63.2 Å². The summed E-state index contributed by atoms with van der Waals surface area (Å²) < 4.78 is 5.50. The molecule has 0 fully saturated rings. The van der Waals surface area contributed by atoms with Gasteiger partial charge in [-0.25, -0.2) is 4.90 Å². The third-order valence-corrected chi connectivity index (χ3v) is 5.77. The largest absolute Gasteiger partial charge is 0.494 e. The van der Waals surface area contributed by atoms with Crippen LogP contribution in [-0.4, -0.2) is 18.4 Å². The van der Waals surface area contributed by atoms with Gasteiger partial charge in [0.2, 0.25) is 0 Å². The van der Waals surface area contributed by atoms with Crippen LogP contribution in [0.1, 0.15) is 36.1 Å². The fourth-order valence-electron chi connectivity index (χ4n) is 4.05. The Morgan fingerprint density at radius 3 is 2.15 bits per heavy atom. The highest BCUT2D eigenvalue weighted by Gasteiger charge is 2.40. The maximum Gasteiger partial charge on any atom is 0.282 e. The molecule has 0 unspecified atom stereocenters. The second-order valence-electron chi connectivity index (χ2n) is 8.12. The summed E-state index contributed by atoms with van der Waals surface area (Å²) in [5, 5.41) is 3.24. The smallest absolute Gasteiger partial charge is 0.282 e. The van der Waals surface area contributed by atoms with Crippen LogP contribution in [0.15, 0.2) is 72.4 Å². The van der Waals surface area contributed by atoms with E-state index in [-0.39, 0.29) is 17.5 Å². The number of hydrogen-bond donors (Lipinski definition) is 1. The lowest BCUT2D eigenvalue weighted by Crippen LogP contribution is -2.32. The van der Waals surface area contributed by atoms with Crippen molar-refractivity contribution in [2.75, 3.05) is 16.8 Å². The van der Waals surface area contributed by atoms with Crippen molar-refractivity contribution in [3.63, 3.8) is 0 Å². The number of anilines is 2. The number of rotatable bonds is 7. The van der Waals surface area contributed by atoms with Gasteiger partial charge in [0.1, 0.15) is 11.4 Å². The van der Waals surface area contributed by atoms with E-state index >= 15 is 0 Å². The van der Waals surface area contributed by atoms with Crippen molar-refractivity contribution >= 4 is 28.8 Å². The minimum Gasteiger partial charge on any atom is -0.494 e. The van der Waals surface area contributed by atoms with Gasteiger partial charge in [0.15, 0.2) is 0 Å². The van der Waals surface area contributed by atoms with Gasteiger partial charge < -0.3 is 10.1 Å². The summed E-state index contributed by atoms with van der Waals surface area (Å²) in [5.41, 5.74) is 5.93. The average molecular weight is 441 g/mol. The Hall–Kier alpha value is -3.86. The molecule has 0 aliphatic carbocycles. The highest BCUT2D eigenvalue weighted by atomic mass is 16.5. The summed E-state index contributed by atoms with van der Waals surface area (Å²) >= 11 is 0. The maximum absolute atomic E-state index is 13.6. The van der Waals surface area contributed by atoms with Crippen molar-refractivity contribution in [3.8, 4) is 5.75 Å². The van der Waals surface area contributed by atoms with Crippen LogP contribution in [0.4, 0.5) is 11.4 Å². The third kappa shape index (κ3) is 4.40. The molecule has 5 heteroatoms. The Balaban J connectivity index is 1.78. The Kier molecular flexibility index (Phi) is 6.31. The molecule has 1 aliphatic heterocycles. The summed E-state index contributed by atoms with van der Waals surface area (Å²) in [7, 11) is 0. The van der Waals surface area contributed by atoms with Gasteiger partial charge in [-0.1, -0.05) is 42.8 Å². The van der Waals surface area contributed by atoms with Crippen LogP contribution in [0, 0.1) is 13.8 Å². The zero-order valence-corrected chi connectivity index (χ0v) is 19.4. The number of aryl methyl sites for hydroxylation is 3. The van der Waals surface area contributed by atoms with E-state index in [0.717, 1.165) is 28.8 Å². The topological polar surface area (TPSA) is 58.6 Å². The first-order valence-corrected chi connectivity index (χ1v) is 11.2. The highest BCUT2D eigenvalue weighted by molar-refractivity contribution is 6.46. The summed E-state index contributed by atoms with van der Waals surface area (Å²) in [5.74, 6) is -0.0280. The molecule has 0 atom stereocenters. The quantitative estimate of drug-likeness (QED) is 0.482. The lowest BCUT2D eigenvalue weighted by atomic mass is 9.97. The number of benzene rings is 3. The molecule has 0 saturated heterocycles. The van der Waals surface area contributed by atoms with Crippen molar-refractivity contribution in [3.05, 3.63) is 94.7 Å². The van der Waals surface area contributed by atoms with Gasteiger partial charge in [-0.2, -0.15) is 0 Å². The molecule has 1 N–H and O–H groups in total. The molecule has 0 bridgehead atoms. The lowest BCUT2D eigenvalue weighted by Gasteiger charge is -2.16. The van der Waals surface area contributed by atoms with Crippen LogP contribution >= 0.6 is 0 Å². The second kappa shape index (κ2) is 9.33. The van der Waals surface area contributed by atoms with Crippen LogP contribution < -0.4 is 15.0 Å². The molecule has 3 aromatic carbocycles. The summed E-state index contributed by atoms with van der Waals surface area (Å²) in [6.07, 6.45) is 0.930. The Morgan fingerprint density at radius 2 is 1.55 bits per heavy atom. The van der Waals surface area contributed by atoms with Gasteiger partial charge in [0, 0.05) is 5.69 Å². The first-order chi connectivity index (χ1) is 15.9. The molecule has 0 radical (unpaired) electrons. The Labute approximate surface area is 194 Å². The zero-order valence-electron chi connectivity index (χ0n) is 19.4. The van der Waals surface area contributed by atoms with Gasteiger partial charge in [0.05, 0.1) is 17.9 Å². The van der Waals surface area contributed by atoms with Crippen molar-refractivity contribution in [2.24, 2.45) is 0 Å². The zero-order chi connectivity index (χ0) is 23.5.